The monoisotopic (exact) mass is 892 g/mol. The first-order chi connectivity index (χ1) is 31.0. The molecule has 0 rings (SSSR count). The summed E-state index contributed by atoms with van der Waals surface area (Å²) >= 11 is 0. The molecule has 0 aromatic rings. The van der Waals surface area contributed by atoms with E-state index in [0.717, 1.165) is 38.5 Å². The van der Waals surface area contributed by atoms with E-state index in [0.29, 0.717) is 25.9 Å². The number of aliphatic hydroxyl groups excluding tert-OH is 2. The predicted molar refractivity (Wildman–Crippen MR) is 274 cm³/mol. The van der Waals surface area contributed by atoms with E-state index in [-0.39, 0.29) is 18.5 Å². The molecule has 6 heteroatoms. The van der Waals surface area contributed by atoms with Gasteiger partial charge in [0.2, 0.25) is 5.91 Å². The lowest BCUT2D eigenvalue weighted by atomic mass is 10.0. The SMILES string of the molecule is CCCCCCCCCCCCCCC(=O)OCCCCCCCCCCCCCCCCCCCCCCCCC(=O)NC(CO)C(O)CCCCCCCCCCCCCC. The van der Waals surface area contributed by atoms with Crippen LogP contribution in [0.1, 0.15) is 328 Å². The summed E-state index contributed by atoms with van der Waals surface area (Å²) in [5.74, 6) is -0.0193. The van der Waals surface area contributed by atoms with Crippen LogP contribution in [0.2, 0.25) is 0 Å². The normalized spacial score (nSPS) is 12.5. The lowest BCUT2D eigenvalue weighted by Crippen LogP contribution is -2.45. The van der Waals surface area contributed by atoms with Crippen molar-refractivity contribution in [1.82, 2.24) is 5.32 Å². The van der Waals surface area contributed by atoms with Gasteiger partial charge in [-0.25, -0.2) is 0 Å². The Morgan fingerprint density at radius 1 is 0.381 bits per heavy atom. The minimum atomic E-state index is -0.661. The van der Waals surface area contributed by atoms with Crippen molar-refractivity contribution in [2.45, 2.75) is 341 Å². The number of carbonyl (C=O) groups is 2. The highest BCUT2D eigenvalue weighted by molar-refractivity contribution is 5.76. The second-order valence-electron chi connectivity index (χ2n) is 20.0. The Morgan fingerprint density at radius 2 is 0.651 bits per heavy atom. The highest BCUT2D eigenvalue weighted by atomic mass is 16.5. The van der Waals surface area contributed by atoms with Crippen molar-refractivity contribution in [2.24, 2.45) is 0 Å². The lowest BCUT2D eigenvalue weighted by Gasteiger charge is -2.22. The molecule has 3 N–H and O–H groups in total. The number of carbonyl (C=O) groups excluding carboxylic acids is 2. The number of rotatable bonds is 54. The molecule has 0 bridgehead atoms. The fourth-order valence-corrected chi connectivity index (χ4v) is 9.23. The van der Waals surface area contributed by atoms with Gasteiger partial charge in [0.1, 0.15) is 0 Å². The standard InChI is InChI=1S/C57H113NO5/c1-3-5-7-9-11-13-15-29-33-37-41-45-49-55(60)54(53-59)58-56(61)50-46-42-38-34-30-27-25-23-21-19-17-18-20-22-24-26-28-32-36-40-44-48-52-63-57(62)51-47-43-39-35-31-16-14-12-10-8-6-4-2/h54-55,59-60H,3-53H2,1-2H3,(H,58,61). The second kappa shape index (κ2) is 53.5. The molecule has 0 heterocycles. The maximum Gasteiger partial charge on any atom is 0.305 e. The summed E-state index contributed by atoms with van der Waals surface area (Å²) < 4.78 is 5.47. The maximum absolute atomic E-state index is 12.4. The van der Waals surface area contributed by atoms with Gasteiger partial charge in [-0.1, -0.05) is 290 Å². The summed E-state index contributed by atoms with van der Waals surface area (Å²) in [6.45, 7) is 4.96. The van der Waals surface area contributed by atoms with Crippen molar-refractivity contribution in [3.63, 3.8) is 0 Å². The summed E-state index contributed by atoms with van der Waals surface area (Å²) in [5.41, 5.74) is 0. The highest BCUT2D eigenvalue weighted by Crippen LogP contribution is 2.18. The molecular weight excluding hydrogens is 779 g/mol. The fraction of sp³-hybridized carbons (Fsp3) is 0.965. The van der Waals surface area contributed by atoms with Crippen LogP contribution >= 0.6 is 0 Å². The van der Waals surface area contributed by atoms with Crippen LogP contribution in [0.25, 0.3) is 0 Å². The average molecular weight is 893 g/mol. The van der Waals surface area contributed by atoms with E-state index in [2.05, 4.69) is 19.2 Å². The quantitative estimate of drug-likeness (QED) is 0.0418. The third-order valence-electron chi connectivity index (χ3n) is 13.7. The molecule has 0 spiro atoms. The topological polar surface area (TPSA) is 95.9 Å². The molecule has 6 nitrogen and oxygen atoms in total. The second-order valence-corrected chi connectivity index (χ2v) is 20.0. The minimum absolute atomic E-state index is 0.0146. The molecule has 0 aromatic carbocycles. The first kappa shape index (κ1) is 61.9. The minimum Gasteiger partial charge on any atom is -0.466 e. The Balaban J connectivity index is 3.35. The molecule has 0 aliphatic rings. The predicted octanol–water partition coefficient (Wildman–Crippen LogP) is 17.5. The third-order valence-corrected chi connectivity index (χ3v) is 13.7. The Labute approximate surface area is 394 Å². The number of ether oxygens (including phenoxy) is 1. The zero-order valence-electron chi connectivity index (χ0n) is 42.8. The molecule has 2 unspecified atom stereocenters. The van der Waals surface area contributed by atoms with Gasteiger partial charge in [0.05, 0.1) is 25.4 Å². The molecular formula is C57H113NO5. The number of hydrogen-bond acceptors (Lipinski definition) is 5. The molecule has 0 aliphatic carbocycles. The van der Waals surface area contributed by atoms with E-state index in [9.17, 15) is 19.8 Å². The number of unbranched alkanes of at least 4 members (excludes halogenated alkanes) is 43. The Morgan fingerprint density at radius 3 is 0.968 bits per heavy atom. The molecule has 0 saturated carbocycles. The lowest BCUT2D eigenvalue weighted by molar-refractivity contribution is -0.143. The van der Waals surface area contributed by atoms with Gasteiger partial charge in [-0.05, 0) is 25.7 Å². The van der Waals surface area contributed by atoms with Gasteiger partial charge in [0.15, 0.2) is 0 Å². The van der Waals surface area contributed by atoms with Gasteiger partial charge in [0.25, 0.3) is 0 Å². The van der Waals surface area contributed by atoms with E-state index >= 15 is 0 Å². The van der Waals surface area contributed by atoms with Gasteiger partial charge in [-0.2, -0.15) is 0 Å². The smallest absolute Gasteiger partial charge is 0.305 e. The summed E-state index contributed by atoms with van der Waals surface area (Å²) in [7, 11) is 0. The molecule has 1 amide bonds. The maximum atomic E-state index is 12.4. The van der Waals surface area contributed by atoms with Crippen molar-refractivity contribution < 1.29 is 24.5 Å². The van der Waals surface area contributed by atoms with E-state index < -0.39 is 12.1 Å². The van der Waals surface area contributed by atoms with Crippen molar-refractivity contribution in [3.8, 4) is 0 Å². The van der Waals surface area contributed by atoms with Crippen molar-refractivity contribution >= 4 is 11.9 Å². The number of amides is 1. The summed E-state index contributed by atoms with van der Waals surface area (Å²) in [5, 5.41) is 23.2. The Kier molecular flexibility index (Phi) is 52.5. The van der Waals surface area contributed by atoms with Gasteiger partial charge >= 0.3 is 5.97 Å². The van der Waals surface area contributed by atoms with Gasteiger partial charge in [-0.3, -0.25) is 9.59 Å². The Bertz CT molecular complexity index is 898. The van der Waals surface area contributed by atoms with E-state index in [1.54, 1.807) is 0 Å². The highest BCUT2D eigenvalue weighted by Gasteiger charge is 2.20. The molecule has 2 atom stereocenters. The molecule has 0 saturated heterocycles. The van der Waals surface area contributed by atoms with Crippen LogP contribution in [-0.2, 0) is 14.3 Å². The number of hydrogen-bond donors (Lipinski definition) is 3. The van der Waals surface area contributed by atoms with E-state index in [1.807, 2.05) is 0 Å². The van der Waals surface area contributed by atoms with E-state index in [4.69, 9.17) is 4.74 Å². The van der Waals surface area contributed by atoms with Gasteiger partial charge in [-0.15, -0.1) is 0 Å². The van der Waals surface area contributed by atoms with Crippen LogP contribution in [0, 0.1) is 0 Å². The van der Waals surface area contributed by atoms with Crippen LogP contribution in [0.5, 0.6) is 0 Å². The van der Waals surface area contributed by atoms with Crippen LogP contribution in [0.15, 0.2) is 0 Å². The van der Waals surface area contributed by atoms with Crippen LogP contribution in [-0.4, -0.2) is 47.4 Å². The van der Waals surface area contributed by atoms with Crippen LogP contribution in [0.4, 0.5) is 0 Å². The number of esters is 1. The first-order valence-corrected chi connectivity index (χ1v) is 28.8. The molecule has 63 heavy (non-hydrogen) atoms. The van der Waals surface area contributed by atoms with Gasteiger partial charge in [0, 0.05) is 12.8 Å². The van der Waals surface area contributed by atoms with Gasteiger partial charge < -0.3 is 20.3 Å². The van der Waals surface area contributed by atoms with Crippen LogP contribution in [0.3, 0.4) is 0 Å². The third kappa shape index (κ3) is 50.1. The zero-order chi connectivity index (χ0) is 45.8. The van der Waals surface area contributed by atoms with E-state index in [1.165, 1.54) is 257 Å². The largest absolute Gasteiger partial charge is 0.466 e. The molecule has 0 aliphatic heterocycles. The molecule has 0 fully saturated rings. The first-order valence-electron chi connectivity index (χ1n) is 28.8. The molecule has 0 radical (unpaired) electrons. The number of nitrogens with one attached hydrogen (secondary N) is 1. The Hall–Kier alpha value is -1.14. The number of aliphatic hydroxyl groups is 2. The van der Waals surface area contributed by atoms with Crippen molar-refractivity contribution in [1.29, 1.82) is 0 Å². The van der Waals surface area contributed by atoms with Crippen molar-refractivity contribution in [2.75, 3.05) is 13.2 Å². The van der Waals surface area contributed by atoms with Crippen molar-refractivity contribution in [3.05, 3.63) is 0 Å². The fourth-order valence-electron chi connectivity index (χ4n) is 9.23. The molecule has 0 aromatic heterocycles. The summed E-state index contributed by atoms with van der Waals surface area (Å²) in [4.78, 5) is 24.4. The van der Waals surface area contributed by atoms with Crippen LogP contribution < -0.4 is 5.32 Å². The summed E-state index contributed by atoms with van der Waals surface area (Å²) in [6.07, 6.45) is 61.0. The average Bonchev–Trinajstić information content (AvgIpc) is 3.28. The summed E-state index contributed by atoms with van der Waals surface area (Å²) in [6, 6.07) is -0.539. The molecule has 376 valence electrons. The zero-order valence-corrected chi connectivity index (χ0v) is 42.8.